The Kier molecular flexibility index (Phi) is 9.49. The molecule has 2 aromatic rings. The topological polar surface area (TPSA) is 77.5 Å². The summed E-state index contributed by atoms with van der Waals surface area (Å²) in [5.41, 5.74) is 4.82. The minimum absolute atomic E-state index is 0. The number of aliphatic hydroxyl groups is 1. The molecule has 144 valence electrons. The van der Waals surface area contributed by atoms with Crippen molar-refractivity contribution in [2.24, 2.45) is 0 Å². The zero-order valence-corrected chi connectivity index (χ0v) is 16.9. The van der Waals surface area contributed by atoms with Crippen molar-refractivity contribution in [2.45, 2.75) is 31.7 Å². The van der Waals surface area contributed by atoms with Crippen LogP contribution in [-0.4, -0.2) is 46.6 Å². The van der Waals surface area contributed by atoms with Gasteiger partial charge in [-0.15, -0.1) is 36.2 Å². The average molecular weight is 419 g/mol. The first kappa shape index (κ1) is 22.8. The molecule has 2 heterocycles. The summed E-state index contributed by atoms with van der Waals surface area (Å²) >= 11 is 1.60. The first-order valence-corrected chi connectivity index (χ1v) is 8.91. The van der Waals surface area contributed by atoms with Crippen LogP contribution in [-0.2, 0) is 17.9 Å². The lowest BCUT2D eigenvalue weighted by molar-refractivity contribution is -0.117. The molecule has 3 rings (SSSR count). The fraction of sp³-hybridized carbons (Fsp3) is 0.412. The number of β-amino-alcohol motifs (C(OH)–C–C–N with tert-alkyl or cyclic N) is 1. The molecule has 0 aliphatic carbocycles. The SMILES string of the molecule is CN(Cc1cccc(NC(=O)C2CC(O)CN2)c1)Cc1cscn1.Cl.Cl. The Hall–Kier alpha value is -1.22. The lowest BCUT2D eigenvalue weighted by Gasteiger charge is -2.16. The third-order valence-electron chi connectivity index (χ3n) is 3.99. The number of nitrogens with zero attached hydrogens (tertiary/aromatic N) is 2. The van der Waals surface area contributed by atoms with Gasteiger partial charge in [-0.1, -0.05) is 12.1 Å². The quantitative estimate of drug-likeness (QED) is 0.670. The van der Waals surface area contributed by atoms with Gasteiger partial charge in [-0.25, -0.2) is 4.98 Å². The predicted molar refractivity (Wildman–Crippen MR) is 109 cm³/mol. The number of thiazole rings is 1. The van der Waals surface area contributed by atoms with Crippen molar-refractivity contribution in [2.75, 3.05) is 18.9 Å². The van der Waals surface area contributed by atoms with Crippen LogP contribution in [0.15, 0.2) is 35.2 Å². The molecule has 1 amide bonds. The van der Waals surface area contributed by atoms with Crippen LogP contribution in [0.25, 0.3) is 0 Å². The number of hydrogen-bond donors (Lipinski definition) is 3. The maximum absolute atomic E-state index is 12.2. The second-order valence-corrected chi connectivity index (χ2v) is 6.91. The fourth-order valence-corrected chi connectivity index (χ4v) is 3.40. The van der Waals surface area contributed by atoms with Crippen LogP contribution in [0.3, 0.4) is 0 Å². The number of carbonyl (C=O) groups excluding carboxylic acids is 1. The van der Waals surface area contributed by atoms with E-state index in [9.17, 15) is 9.90 Å². The molecule has 1 aliphatic rings. The summed E-state index contributed by atoms with van der Waals surface area (Å²) in [6.45, 7) is 2.05. The van der Waals surface area contributed by atoms with Crippen LogP contribution in [0.5, 0.6) is 0 Å². The van der Waals surface area contributed by atoms with Crippen LogP contribution in [0, 0.1) is 0 Å². The van der Waals surface area contributed by atoms with Crippen molar-refractivity contribution in [3.8, 4) is 0 Å². The molecular weight excluding hydrogens is 395 g/mol. The van der Waals surface area contributed by atoms with Crippen molar-refractivity contribution in [3.63, 3.8) is 0 Å². The fourth-order valence-electron chi connectivity index (χ4n) is 2.85. The molecule has 1 fully saturated rings. The number of aliphatic hydroxyl groups excluding tert-OH is 1. The van der Waals surface area contributed by atoms with Crippen molar-refractivity contribution < 1.29 is 9.90 Å². The number of benzene rings is 1. The number of hydrogen-bond acceptors (Lipinski definition) is 6. The molecule has 3 N–H and O–H groups in total. The molecule has 1 aromatic carbocycles. The van der Waals surface area contributed by atoms with Gasteiger partial charge in [0.1, 0.15) is 0 Å². The van der Waals surface area contributed by atoms with Gasteiger partial charge in [-0.05, 0) is 31.2 Å². The van der Waals surface area contributed by atoms with Crippen LogP contribution in [0.2, 0.25) is 0 Å². The first-order chi connectivity index (χ1) is 11.6. The van der Waals surface area contributed by atoms with Crippen molar-refractivity contribution >= 4 is 47.7 Å². The normalized spacial score (nSPS) is 18.9. The Labute approximate surface area is 169 Å². The van der Waals surface area contributed by atoms with E-state index in [1.165, 1.54) is 0 Å². The first-order valence-electron chi connectivity index (χ1n) is 7.97. The van der Waals surface area contributed by atoms with Gasteiger partial charge < -0.3 is 15.7 Å². The highest BCUT2D eigenvalue weighted by atomic mass is 35.5. The van der Waals surface area contributed by atoms with Gasteiger partial charge in [0.05, 0.1) is 23.4 Å². The van der Waals surface area contributed by atoms with Gasteiger partial charge in [0.15, 0.2) is 0 Å². The van der Waals surface area contributed by atoms with Gasteiger partial charge in [0, 0.05) is 30.7 Å². The van der Waals surface area contributed by atoms with Crippen molar-refractivity contribution in [1.82, 2.24) is 15.2 Å². The second-order valence-electron chi connectivity index (χ2n) is 6.19. The summed E-state index contributed by atoms with van der Waals surface area (Å²) in [5, 5.41) is 17.5. The van der Waals surface area contributed by atoms with Crippen LogP contribution >= 0.6 is 36.2 Å². The highest BCUT2D eigenvalue weighted by molar-refractivity contribution is 7.07. The Morgan fingerprint density at radius 1 is 1.42 bits per heavy atom. The Bertz CT molecular complexity index is 687. The summed E-state index contributed by atoms with van der Waals surface area (Å²) in [6.07, 6.45) is 0.0217. The predicted octanol–water partition coefficient (Wildman–Crippen LogP) is 2.28. The number of aromatic nitrogens is 1. The molecule has 2 atom stereocenters. The second kappa shape index (κ2) is 10.8. The Balaban J connectivity index is 0.00000169. The van der Waals surface area contributed by atoms with E-state index in [2.05, 4.69) is 32.9 Å². The molecule has 0 radical (unpaired) electrons. The maximum Gasteiger partial charge on any atom is 0.241 e. The van der Waals surface area contributed by atoms with E-state index in [4.69, 9.17) is 0 Å². The van der Waals surface area contributed by atoms with E-state index in [0.29, 0.717) is 13.0 Å². The molecule has 9 heteroatoms. The number of carbonyl (C=O) groups is 1. The summed E-state index contributed by atoms with van der Waals surface area (Å²) in [4.78, 5) is 18.7. The summed E-state index contributed by atoms with van der Waals surface area (Å²) in [5.74, 6) is -0.0977. The van der Waals surface area contributed by atoms with E-state index < -0.39 is 6.10 Å². The third kappa shape index (κ3) is 6.50. The highest BCUT2D eigenvalue weighted by Gasteiger charge is 2.27. The minimum atomic E-state index is -0.438. The van der Waals surface area contributed by atoms with Crippen LogP contribution < -0.4 is 10.6 Å². The zero-order chi connectivity index (χ0) is 16.9. The van der Waals surface area contributed by atoms with Gasteiger partial charge >= 0.3 is 0 Å². The van der Waals surface area contributed by atoms with Crippen molar-refractivity contribution in [1.29, 1.82) is 0 Å². The zero-order valence-electron chi connectivity index (χ0n) is 14.4. The molecule has 6 nitrogen and oxygen atoms in total. The minimum Gasteiger partial charge on any atom is -0.392 e. The van der Waals surface area contributed by atoms with Crippen LogP contribution in [0.1, 0.15) is 17.7 Å². The number of nitrogens with one attached hydrogen (secondary N) is 2. The molecule has 0 bridgehead atoms. The van der Waals surface area contributed by atoms with Gasteiger partial charge in [0.2, 0.25) is 5.91 Å². The molecule has 1 aliphatic heterocycles. The van der Waals surface area contributed by atoms with Gasteiger partial charge in [-0.3, -0.25) is 9.69 Å². The van der Waals surface area contributed by atoms with Crippen molar-refractivity contribution in [3.05, 3.63) is 46.4 Å². The molecular formula is C17H24Cl2N4O2S. The number of anilines is 1. The highest BCUT2D eigenvalue weighted by Crippen LogP contribution is 2.15. The summed E-state index contributed by atoms with van der Waals surface area (Å²) in [7, 11) is 2.05. The average Bonchev–Trinajstić information content (AvgIpc) is 3.19. The molecule has 0 spiro atoms. The Morgan fingerprint density at radius 3 is 2.88 bits per heavy atom. The number of amides is 1. The molecule has 1 saturated heterocycles. The Morgan fingerprint density at radius 2 is 2.23 bits per heavy atom. The van der Waals surface area contributed by atoms with Crippen LogP contribution in [0.4, 0.5) is 5.69 Å². The number of halogens is 2. The van der Waals surface area contributed by atoms with Gasteiger partial charge in [-0.2, -0.15) is 0 Å². The molecule has 2 unspecified atom stereocenters. The smallest absolute Gasteiger partial charge is 0.241 e. The third-order valence-corrected chi connectivity index (χ3v) is 4.62. The van der Waals surface area contributed by atoms with E-state index in [-0.39, 0.29) is 36.8 Å². The summed E-state index contributed by atoms with van der Waals surface area (Å²) < 4.78 is 0. The lowest BCUT2D eigenvalue weighted by atomic mass is 10.1. The molecule has 26 heavy (non-hydrogen) atoms. The lowest BCUT2D eigenvalue weighted by Crippen LogP contribution is -2.35. The summed E-state index contributed by atoms with van der Waals surface area (Å²) in [6, 6.07) is 7.54. The molecule has 1 aromatic heterocycles. The number of rotatable bonds is 6. The van der Waals surface area contributed by atoms with E-state index in [0.717, 1.165) is 30.0 Å². The van der Waals surface area contributed by atoms with E-state index >= 15 is 0 Å². The van der Waals surface area contributed by atoms with Gasteiger partial charge in [0.25, 0.3) is 0 Å². The monoisotopic (exact) mass is 418 g/mol. The maximum atomic E-state index is 12.2. The largest absolute Gasteiger partial charge is 0.392 e. The van der Waals surface area contributed by atoms with E-state index in [1.54, 1.807) is 11.3 Å². The van der Waals surface area contributed by atoms with E-state index in [1.807, 2.05) is 29.8 Å². The standard InChI is InChI=1S/C17H22N4O2S.2ClH/c1-21(9-14-10-24-11-19-14)8-12-3-2-4-13(5-12)20-17(23)16-6-15(22)7-18-16;;/h2-5,10-11,15-16,18,22H,6-9H2,1H3,(H,20,23);2*1H. The molecule has 0 saturated carbocycles.